The minimum Gasteiger partial charge on any atom is -0.306 e. The molecule has 0 aliphatic heterocycles. The van der Waals surface area contributed by atoms with E-state index in [-0.39, 0.29) is 12.4 Å². The molecule has 0 aliphatic rings. The zero-order valence-electron chi connectivity index (χ0n) is 10.7. The van der Waals surface area contributed by atoms with E-state index in [9.17, 15) is 8.42 Å². The predicted octanol–water partition coefficient (Wildman–Crippen LogP) is 2.83. The summed E-state index contributed by atoms with van der Waals surface area (Å²) in [5.41, 5.74) is 2.59. The van der Waals surface area contributed by atoms with E-state index in [0.29, 0.717) is 4.90 Å². The van der Waals surface area contributed by atoms with Crippen molar-refractivity contribution in [1.82, 2.24) is 9.38 Å². The third-order valence-corrected chi connectivity index (χ3v) is 4.07. The molecule has 3 aromatic rings. The maximum Gasteiger partial charge on any atom is 0.175 e. The van der Waals surface area contributed by atoms with E-state index < -0.39 is 9.84 Å². The molecule has 0 radical (unpaired) electrons. The van der Waals surface area contributed by atoms with Crippen LogP contribution in [0.1, 0.15) is 0 Å². The molecule has 3 rings (SSSR count). The second kappa shape index (κ2) is 5.26. The standard InChI is InChI=1S/C14H12N2O2S.ClH/c1-19(17,18)12-7-5-11(6-8-12)13-10-16-9-3-2-4-14(16)15-13;/h2-10H,1H3;1H. The Bertz CT molecular complexity index is 806. The summed E-state index contributed by atoms with van der Waals surface area (Å²) in [5, 5.41) is 0. The van der Waals surface area contributed by atoms with Gasteiger partial charge in [0, 0.05) is 24.2 Å². The summed E-state index contributed by atoms with van der Waals surface area (Å²) in [6, 6.07) is 12.6. The quantitative estimate of drug-likeness (QED) is 0.731. The molecule has 6 heteroatoms. The van der Waals surface area contributed by atoms with Crippen LogP contribution in [-0.2, 0) is 9.84 Å². The summed E-state index contributed by atoms with van der Waals surface area (Å²) in [7, 11) is -3.15. The van der Waals surface area contributed by atoms with E-state index in [4.69, 9.17) is 0 Å². The summed E-state index contributed by atoms with van der Waals surface area (Å²) < 4.78 is 24.7. The second-order valence-corrected chi connectivity index (χ2v) is 6.40. The smallest absolute Gasteiger partial charge is 0.175 e. The summed E-state index contributed by atoms with van der Waals surface area (Å²) in [5.74, 6) is 0. The Kier molecular flexibility index (Phi) is 3.83. The first-order chi connectivity index (χ1) is 9.04. The summed E-state index contributed by atoms with van der Waals surface area (Å²) in [6.07, 6.45) is 5.05. The molecular formula is C14H13ClN2O2S. The van der Waals surface area contributed by atoms with E-state index in [0.717, 1.165) is 16.9 Å². The minimum atomic E-state index is -3.15. The zero-order chi connectivity index (χ0) is 13.5. The van der Waals surface area contributed by atoms with E-state index in [1.54, 1.807) is 24.3 Å². The number of nitrogens with zero attached hydrogens (tertiary/aromatic N) is 2. The van der Waals surface area contributed by atoms with Crippen LogP contribution in [-0.4, -0.2) is 24.1 Å². The van der Waals surface area contributed by atoms with Gasteiger partial charge in [0.25, 0.3) is 0 Å². The van der Waals surface area contributed by atoms with Crippen LogP contribution in [0.3, 0.4) is 0 Å². The van der Waals surface area contributed by atoms with Crippen LogP contribution < -0.4 is 0 Å². The Morgan fingerprint density at radius 2 is 1.75 bits per heavy atom. The van der Waals surface area contributed by atoms with Crippen LogP contribution in [0.15, 0.2) is 59.8 Å². The van der Waals surface area contributed by atoms with E-state index in [2.05, 4.69) is 4.98 Å². The highest BCUT2D eigenvalue weighted by molar-refractivity contribution is 7.90. The molecule has 0 N–H and O–H groups in total. The SMILES string of the molecule is CS(=O)(=O)c1ccc(-c2cn3ccccc3n2)cc1.Cl. The molecule has 4 nitrogen and oxygen atoms in total. The second-order valence-electron chi connectivity index (χ2n) is 4.39. The molecule has 104 valence electrons. The molecule has 0 atom stereocenters. The molecule has 2 heterocycles. The molecule has 0 aliphatic carbocycles. The van der Waals surface area contributed by atoms with Gasteiger partial charge >= 0.3 is 0 Å². The van der Waals surface area contributed by atoms with Crippen LogP contribution >= 0.6 is 12.4 Å². The maximum atomic E-state index is 11.4. The number of hydrogen-bond acceptors (Lipinski definition) is 3. The van der Waals surface area contributed by atoms with Gasteiger partial charge in [-0.3, -0.25) is 0 Å². The van der Waals surface area contributed by atoms with Crippen LogP contribution in [0.2, 0.25) is 0 Å². The van der Waals surface area contributed by atoms with E-state index in [1.807, 2.05) is 35.0 Å². The number of pyridine rings is 1. The van der Waals surface area contributed by atoms with Crippen molar-refractivity contribution < 1.29 is 8.42 Å². The number of hydrogen-bond donors (Lipinski definition) is 0. The molecule has 1 aromatic carbocycles. The largest absolute Gasteiger partial charge is 0.306 e. The lowest BCUT2D eigenvalue weighted by atomic mass is 10.2. The van der Waals surface area contributed by atoms with E-state index >= 15 is 0 Å². The molecule has 0 amide bonds. The summed E-state index contributed by atoms with van der Waals surface area (Å²) in [6.45, 7) is 0. The highest BCUT2D eigenvalue weighted by Gasteiger charge is 2.08. The number of benzene rings is 1. The van der Waals surface area contributed by atoms with E-state index in [1.165, 1.54) is 6.26 Å². The lowest BCUT2D eigenvalue weighted by Gasteiger charge is -1.99. The van der Waals surface area contributed by atoms with Crippen LogP contribution in [0.4, 0.5) is 0 Å². The van der Waals surface area contributed by atoms with Crippen molar-refractivity contribution in [3.8, 4) is 11.3 Å². The van der Waals surface area contributed by atoms with Gasteiger partial charge in [0.1, 0.15) is 5.65 Å². The first-order valence-corrected chi connectivity index (χ1v) is 7.67. The average Bonchev–Trinajstić information content (AvgIpc) is 2.81. The summed E-state index contributed by atoms with van der Waals surface area (Å²) in [4.78, 5) is 4.81. The van der Waals surface area contributed by atoms with Gasteiger partial charge in [-0.05, 0) is 24.3 Å². The summed E-state index contributed by atoms with van der Waals surface area (Å²) >= 11 is 0. The number of sulfone groups is 1. The van der Waals surface area contributed by atoms with Gasteiger partial charge in [0.05, 0.1) is 10.6 Å². The average molecular weight is 309 g/mol. The molecule has 0 fully saturated rings. The molecule has 0 bridgehead atoms. The monoisotopic (exact) mass is 308 g/mol. The third kappa shape index (κ3) is 2.69. The predicted molar refractivity (Wildman–Crippen MR) is 81.0 cm³/mol. The molecule has 0 spiro atoms. The molecule has 20 heavy (non-hydrogen) atoms. The van der Waals surface area contributed by atoms with Crippen molar-refractivity contribution in [1.29, 1.82) is 0 Å². The minimum absolute atomic E-state index is 0. The lowest BCUT2D eigenvalue weighted by molar-refractivity contribution is 0.602. The topological polar surface area (TPSA) is 51.4 Å². The molecule has 0 saturated heterocycles. The van der Waals surface area contributed by atoms with Gasteiger partial charge in [-0.1, -0.05) is 18.2 Å². The fraction of sp³-hybridized carbons (Fsp3) is 0.0714. The number of rotatable bonds is 2. The normalized spacial score (nSPS) is 11.2. The number of fused-ring (bicyclic) bond motifs is 1. The van der Waals surface area contributed by atoms with Crippen molar-refractivity contribution in [3.05, 3.63) is 54.9 Å². The van der Waals surface area contributed by atoms with Gasteiger partial charge < -0.3 is 4.40 Å². The Morgan fingerprint density at radius 3 is 2.35 bits per heavy atom. The molecule has 0 saturated carbocycles. The first kappa shape index (κ1) is 14.6. The Balaban J connectivity index is 0.00000147. The van der Waals surface area contributed by atoms with Gasteiger partial charge in [-0.25, -0.2) is 13.4 Å². The van der Waals surface area contributed by atoms with Crippen molar-refractivity contribution in [2.45, 2.75) is 4.90 Å². The molecule has 2 aromatic heterocycles. The Labute approximate surface area is 123 Å². The van der Waals surface area contributed by atoms with Gasteiger partial charge in [-0.15, -0.1) is 12.4 Å². The van der Waals surface area contributed by atoms with Crippen molar-refractivity contribution in [2.24, 2.45) is 0 Å². The van der Waals surface area contributed by atoms with Gasteiger partial charge in [-0.2, -0.15) is 0 Å². The lowest BCUT2D eigenvalue weighted by Crippen LogP contribution is -1.96. The number of imidazole rings is 1. The fourth-order valence-corrected chi connectivity index (χ4v) is 2.58. The number of aromatic nitrogens is 2. The Hall–Kier alpha value is -1.85. The van der Waals surface area contributed by atoms with Gasteiger partial charge in [0.2, 0.25) is 0 Å². The fourth-order valence-electron chi connectivity index (χ4n) is 1.95. The maximum absolute atomic E-state index is 11.4. The van der Waals surface area contributed by atoms with Crippen molar-refractivity contribution in [3.63, 3.8) is 0 Å². The third-order valence-electron chi connectivity index (χ3n) is 2.94. The number of halogens is 1. The zero-order valence-corrected chi connectivity index (χ0v) is 12.4. The van der Waals surface area contributed by atoms with Gasteiger partial charge in [0.15, 0.2) is 9.84 Å². The first-order valence-electron chi connectivity index (χ1n) is 5.78. The highest BCUT2D eigenvalue weighted by atomic mass is 35.5. The van der Waals surface area contributed by atoms with Crippen LogP contribution in [0.5, 0.6) is 0 Å². The Morgan fingerprint density at radius 1 is 1.05 bits per heavy atom. The van der Waals surface area contributed by atoms with Crippen LogP contribution in [0, 0.1) is 0 Å². The highest BCUT2D eigenvalue weighted by Crippen LogP contribution is 2.21. The van der Waals surface area contributed by atoms with Crippen molar-refractivity contribution >= 4 is 27.9 Å². The van der Waals surface area contributed by atoms with Crippen molar-refractivity contribution in [2.75, 3.05) is 6.26 Å². The molecular weight excluding hydrogens is 296 g/mol. The molecule has 0 unspecified atom stereocenters. The van der Waals surface area contributed by atoms with Crippen LogP contribution in [0.25, 0.3) is 16.9 Å².